The Morgan fingerprint density at radius 3 is 2.06 bits per heavy atom. The van der Waals surface area contributed by atoms with Crippen molar-refractivity contribution in [2.24, 2.45) is 0 Å². The molecule has 1 aromatic rings. The monoisotopic (exact) mass is 247 g/mol. The predicted octanol–water partition coefficient (Wildman–Crippen LogP) is 3.44. The van der Waals surface area contributed by atoms with Gasteiger partial charge in [-0.15, -0.1) is 0 Å². The SMILES string of the molecule is CCCCc1ccc(CC(=O)N(CC)CC)cc1. The molecule has 0 bridgehead atoms. The topological polar surface area (TPSA) is 20.3 Å². The van der Waals surface area contributed by atoms with E-state index < -0.39 is 0 Å². The molecule has 100 valence electrons. The smallest absolute Gasteiger partial charge is 0.226 e. The minimum Gasteiger partial charge on any atom is -0.343 e. The van der Waals surface area contributed by atoms with E-state index in [1.165, 1.54) is 18.4 Å². The Balaban J connectivity index is 2.55. The van der Waals surface area contributed by atoms with E-state index in [2.05, 4.69) is 31.2 Å². The van der Waals surface area contributed by atoms with Crippen molar-refractivity contribution in [3.8, 4) is 0 Å². The number of likely N-dealkylation sites (N-methyl/N-ethyl adjacent to an activating group) is 1. The molecule has 1 aromatic carbocycles. The second kappa shape index (κ2) is 7.91. The summed E-state index contributed by atoms with van der Waals surface area (Å²) in [4.78, 5) is 13.8. The van der Waals surface area contributed by atoms with Gasteiger partial charge in [-0.05, 0) is 37.8 Å². The Kier molecular flexibility index (Phi) is 6.48. The first kappa shape index (κ1) is 14.7. The highest BCUT2D eigenvalue weighted by Gasteiger charge is 2.09. The van der Waals surface area contributed by atoms with Gasteiger partial charge in [-0.2, -0.15) is 0 Å². The molecule has 1 rings (SSSR count). The first-order valence-corrected chi connectivity index (χ1v) is 7.06. The molecule has 0 fully saturated rings. The number of amides is 1. The van der Waals surface area contributed by atoms with Gasteiger partial charge in [0.2, 0.25) is 5.91 Å². The fraction of sp³-hybridized carbons (Fsp3) is 0.562. The number of unbranched alkanes of at least 4 members (excludes halogenated alkanes) is 1. The van der Waals surface area contributed by atoms with Crippen LogP contribution in [0.3, 0.4) is 0 Å². The highest BCUT2D eigenvalue weighted by molar-refractivity contribution is 5.78. The molecule has 0 aliphatic heterocycles. The van der Waals surface area contributed by atoms with Crippen molar-refractivity contribution in [2.45, 2.75) is 46.5 Å². The van der Waals surface area contributed by atoms with Gasteiger partial charge in [0.25, 0.3) is 0 Å². The van der Waals surface area contributed by atoms with Crippen molar-refractivity contribution in [3.05, 3.63) is 35.4 Å². The average Bonchev–Trinajstić information content (AvgIpc) is 2.39. The Hall–Kier alpha value is -1.31. The van der Waals surface area contributed by atoms with Crippen LogP contribution in [-0.2, 0) is 17.6 Å². The predicted molar refractivity (Wildman–Crippen MR) is 76.7 cm³/mol. The summed E-state index contributed by atoms with van der Waals surface area (Å²) in [6, 6.07) is 8.49. The quantitative estimate of drug-likeness (QED) is 0.723. The highest BCUT2D eigenvalue weighted by Crippen LogP contribution is 2.09. The third-order valence-corrected chi connectivity index (χ3v) is 3.31. The van der Waals surface area contributed by atoms with Crippen LogP contribution < -0.4 is 0 Å². The van der Waals surface area contributed by atoms with E-state index in [-0.39, 0.29) is 5.91 Å². The summed E-state index contributed by atoms with van der Waals surface area (Å²) >= 11 is 0. The van der Waals surface area contributed by atoms with Gasteiger partial charge in [-0.25, -0.2) is 0 Å². The van der Waals surface area contributed by atoms with Gasteiger partial charge in [0.15, 0.2) is 0 Å². The Morgan fingerprint density at radius 1 is 1.00 bits per heavy atom. The Bertz CT molecular complexity index is 352. The van der Waals surface area contributed by atoms with Gasteiger partial charge < -0.3 is 4.90 Å². The number of hydrogen-bond donors (Lipinski definition) is 0. The molecule has 0 radical (unpaired) electrons. The van der Waals surface area contributed by atoms with Crippen LogP contribution in [0.5, 0.6) is 0 Å². The summed E-state index contributed by atoms with van der Waals surface area (Å²) in [5, 5.41) is 0. The summed E-state index contributed by atoms with van der Waals surface area (Å²) < 4.78 is 0. The lowest BCUT2D eigenvalue weighted by atomic mass is 10.0. The van der Waals surface area contributed by atoms with Crippen molar-refractivity contribution >= 4 is 5.91 Å². The van der Waals surface area contributed by atoms with Crippen LogP contribution in [0.25, 0.3) is 0 Å². The van der Waals surface area contributed by atoms with Crippen molar-refractivity contribution in [2.75, 3.05) is 13.1 Å². The molecule has 2 nitrogen and oxygen atoms in total. The fourth-order valence-corrected chi connectivity index (χ4v) is 2.07. The van der Waals surface area contributed by atoms with Crippen LogP contribution in [0, 0.1) is 0 Å². The van der Waals surface area contributed by atoms with Crippen LogP contribution in [0.1, 0.15) is 44.7 Å². The highest BCUT2D eigenvalue weighted by atomic mass is 16.2. The van der Waals surface area contributed by atoms with E-state index >= 15 is 0 Å². The standard InChI is InChI=1S/C16H25NO/c1-4-7-8-14-9-11-15(12-10-14)13-16(18)17(5-2)6-3/h9-12H,4-8,13H2,1-3H3. The largest absolute Gasteiger partial charge is 0.343 e. The van der Waals surface area contributed by atoms with E-state index in [0.29, 0.717) is 6.42 Å². The minimum atomic E-state index is 0.223. The molecule has 0 aliphatic carbocycles. The van der Waals surface area contributed by atoms with E-state index in [0.717, 1.165) is 25.1 Å². The molecule has 0 heterocycles. The van der Waals surface area contributed by atoms with Gasteiger partial charge in [0.05, 0.1) is 6.42 Å². The molecule has 0 atom stereocenters. The van der Waals surface area contributed by atoms with Crippen LogP contribution >= 0.6 is 0 Å². The number of carbonyl (C=O) groups excluding carboxylic acids is 1. The number of nitrogens with zero attached hydrogens (tertiary/aromatic N) is 1. The zero-order valence-corrected chi connectivity index (χ0v) is 11.9. The third kappa shape index (κ3) is 4.52. The molecule has 2 heteroatoms. The maximum absolute atomic E-state index is 12.0. The molecule has 1 amide bonds. The maximum Gasteiger partial charge on any atom is 0.226 e. The summed E-state index contributed by atoms with van der Waals surface area (Å²) in [6.07, 6.45) is 4.12. The first-order chi connectivity index (χ1) is 8.71. The lowest BCUT2D eigenvalue weighted by Crippen LogP contribution is -2.31. The third-order valence-electron chi connectivity index (χ3n) is 3.31. The lowest BCUT2D eigenvalue weighted by Gasteiger charge is -2.18. The van der Waals surface area contributed by atoms with Gasteiger partial charge in [0, 0.05) is 13.1 Å². The number of hydrogen-bond acceptors (Lipinski definition) is 1. The van der Waals surface area contributed by atoms with Gasteiger partial charge in [-0.3, -0.25) is 4.79 Å². The molecule has 0 unspecified atom stereocenters. The van der Waals surface area contributed by atoms with E-state index in [1.807, 2.05) is 18.7 Å². The summed E-state index contributed by atoms with van der Waals surface area (Å²) in [5.74, 6) is 0.223. The molecule has 0 N–H and O–H groups in total. The van der Waals surface area contributed by atoms with Crippen LogP contribution in [0.4, 0.5) is 0 Å². The molecule has 0 saturated heterocycles. The second-order valence-electron chi connectivity index (χ2n) is 4.66. The first-order valence-electron chi connectivity index (χ1n) is 7.06. The van der Waals surface area contributed by atoms with Gasteiger partial charge in [0.1, 0.15) is 0 Å². The average molecular weight is 247 g/mol. The number of carbonyl (C=O) groups is 1. The summed E-state index contributed by atoms with van der Waals surface area (Å²) in [6.45, 7) is 7.84. The summed E-state index contributed by atoms with van der Waals surface area (Å²) in [5.41, 5.74) is 2.49. The molecule has 18 heavy (non-hydrogen) atoms. The van der Waals surface area contributed by atoms with Crippen LogP contribution in [-0.4, -0.2) is 23.9 Å². The number of rotatable bonds is 7. The molecule has 0 aliphatic rings. The van der Waals surface area contributed by atoms with Crippen molar-refractivity contribution in [1.82, 2.24) is 4.90 Å². The second-order valence-corrected chi connectivity index (χ2v) is 4.66. The number of aryl methyl sites for hydroxylation is 1. The van der Waals surface area contributed by atoms with E-state index in [4.69, 9.17) is 0 Å². The molecule has 0 aromatic heterocycles. The van der Waals surface area contributed by atoms with E-state index in [9.17, 15) is 4.79 Å². The van der Waals surface area contributed by atoms with Crippen molar-refractivity contribution < 1.29 is 4.79 Å². The fourth-order valence-electron chi connectivity index (χ4n) is 2.07. The normalized spacial score (nSPS) is 10.4. The number of benzene rings is 1. The molecular formula is C16H25NO. The minimum absolute atomic E-state index is 0.223. The van der Waals surface area contributed by atoms with E-state index in [1.54, 1.807) is 0 Å². The van der Waals surface area contributed by atoms with Crippen LogP contribution in [0.2, 0.25) is 0 Å². The zero-order valence-electron chi connectivity index (χ0n) is 11.9. The van der Waals surface area contributed by atoms with Gasteiger partial charge in [-0.1, -0.05) is 37.6 Å². The van der Waals surface area contributed by atoms with Gasteiger partial charge >= 0.3 is 0 Å². The lowest BCUT2D eigenvalue weighted by molar-refractivity contribution is -0.130. The zero-order chi connectivity index (χ0) is 13.4. The molecule has 0 saturated carbocycles. The Labute approximate surface area is 111 Å². The van der Waals surface area contributed by atoms with Crippen molar-refractivity contribution in [3.63, 3.8) is 0 Å². The van der Waals surface area contributed by atoms with Crippen molar-refractivity contribution in [1.29, 1.82) is 0 Å². The molecule has 0 spiro atoms. The summed E-state index contributed by atoms with van der Waals surface area (Å²) in [7, 11) is 0. The molecular weight excluding hydrogens is 222 g/mol. The Morgan fingerprint density at radius 2 is 1.56 bits per heavy atom. The maximum atomic E-state index is 12.0. The van der Waals surface area contributed by atoms with Crippen LogP contribution in [0.15, 0.2) is 24.3 Å².